The van der Waals surface area contributed by atoms with Crippen LogP contribution in [0.4, 0.5) is 0 Å². The lowest BCUT2D eigenvalue weighted by molar-refractivity contribution is -0.627. The zero-order chi connectivity index (χ0) is 15.1. The van der Waals surface area contributed by atoms with Crippen LogP contribution in [0.2, 0.25) is 0 Å². The molecule has 2 heteroatoms. The first-order valence-corrected chi connectivity index (χ1v) is 7.71. The van der Waals surface area contributed by atoms with E-state index in [9.17, 15) is 0 Å². The number of ether oxygens (including phenoxy) is 1. The molecule has 112 valence electrons. The number of hydrogen-bond acceptors (Lipinski definition) is 1. The van der Waals surface area contributed by atoms with Gasteiger partial charge >= 0.3 is 0 Å². The quantitative estimate of drug-likeness (QED) is 0.777. The maximum atomic E-state index is 5.76. The largest absolute Gasteiger partial charge is 0.493 e. The second-order valence-electron chi connectivity index (χ2n) is 5.91. The van der Waals surface area contributed by atoms with Crippen molar-refractivity contribution in [1.29, 1.82) is 0 Å². The van der Waals surface area contributed by atoms with E-state index < -0.39 is 0 Å². The van der Waals surface area contributed by atoms with Gasteiger partial charge in [-0.05, 0) is 23.3 Å². The number of quaternary nitrogens is 1. The standard InChI is InChI=1S/C19H25NO/c1-19(2,16-8-5-4-6-9-16)17-10-12-18(13-11-17)21-15-7-14-20-3/h4-6,8-13,20H,7,14-15H2,1-3H3/p+1. The van der Waals surface area contributed by atoms with Crippen molar-refractivity contribution in [2.45, 2.75) is 25.7 Å². The van der Waals surface area contributed by atoms with Gasteiger partial charge in [0, 0.05) is 11.8 Å². The molecule has 0 aliphatic rings. The highest BCUT2D eigenvalue weighted by atomic mass is 16.5. The predicted molar refractivity (Wildman–Crippen MR) is 87.8 cm³/mol. The van der Waals surface area contributed by atoms with Crippen LogP contribution in [0.5, 0.6) is 5.75 Å². The van der Waals surface area contributed by atoms with Crippen molar-refractivity contribution in [1.82, 2.24) is 0 Å². The van der Waals surface area contributed by atoms with E-state index in [2.05, 4.69) is 80.8 Å². The molecular formula is C19H26NO+. The summed E-state index contributed by atoms with van der Waals surface area (Å²) in [7, 11) is 2.08. The summed E-state index contributed by atoms with van der Waals surface area (Å²) in [4.78, 5) is 0. The van der Waals surface area contributed by atoms with Gasteiger partial charge in [-0.3, -0.25) is 0 Å². The van der Waals surface area contributed by atoms with Gasteiger partial charge < -0.3 is 10.1 Å². The van der Waals surface area contributed by atoms with Crippen molar-refractivity contribution in [3.63, 3.8) is 0 Å². The van der Waals surface area contributed by atoms with E-state index in [-0.39, 0.29) is 5.41 Å². The molecule has 0 spiro atoms. The van der Waals surface area contributed by atoms with E-state index in [0.29, 0.717) is 0 Å². The Bertz CT molecular complexity index is 531. The van der Waals surface area contributed by atoms with E-state index in [1.165, 1.54) is 11.1 Å². The van der Waals surface area contributed by atoms with Crippen molar-refractivity contribution in [2.24, 2.45) is 0 Å². The van der Waals surface area contributed by atoms with E-state index in [1.807, 2.05) is 0 Å². The molecule has 0 heterocycles. The highest BCUT2D eigenvalue weighted by Gasteiger charge is 2.22. The van der Waals surface area contributed by atoms with Gasteiger partial charge in [0.05, 0.1) is 20.2 Å². The van der Waals surface area contributed by atoms with Crippen LogP contribution in [0, 0.1) is 0 Å². The Morgan fingerprint density at radius 2 is 1.52 bits per heavy atom. The molecule has 2 aromatic rings. The van der Waals surface area contributed by atoms with Crippen LogP contribution in [-0.2, 0) is 5.41 Å². The van der Waals surface area contributed by atoms with Gasteiger partial charge in [0.25, 0.3) is 0 Å². The zero-order valence-corrected chi connectivity index (χ0v) is 13.3. The second-order valence-corrected chi connectivity index (χ2v) is 5.91. The second kappa shape index (κ2) is 7.28. The lowest BCUT2D eigenvalue weighted by Gasteiger charge is -2.26. The summed E-state index contributed by atoms with van der Waals surface area (Å²) < 4.78 is 5.76. The SMILES string of the molecule is C[NH2+]CCCOc1ccc(C(C)(C)c2ccccc2)cc1. The number of benzene rings is 2. The highest BCUT2D eigenvalue weighted by Crippen LogP contribution is 2.32. The Morgan fingerprint density at radius 3 is 2.14 bits per heavy atom. The minimum absolute atomic E-state index is 0.0109. The van der Waals surface area contributed by atoms with Crippen molar-refractivity contribution < 1.29 is 10.1 Å². The van der Waals surface area contributed by atoms with Crippen molar-refractivity contribution in [2.75, 3.05) is 20.2 Å². The minimum Gasteiger partial charge on any atom is -0.493 e. The van der Waals surface area contributed by atoms with E-state index >= 15 is 0 Å². The Morgan fingerprint density at radius 1 is 0.905 bits per heavy atom. The van der Waals surface area contributed by atoms with E-state index in [1.54, 1.807) is 0 Å². The third kappa shape index (κ3) is 4.08. The highest BCUT2D eigenvalue weighted by molar-refractivity contribution is 5.39. The lowest BCUT2D eigenvalue weighted by Crippen LogP contribution is -2.79. The van der Waals surface area contributed by atoms with Crippen molar-refractivity contribution in [3.8, 4) is 5.75 Å². The first-order valence-electron chi connectivity index (χ1n) is 7.71. The van der Waals surface area contributed by atoms with Gasteiger partial charge in [0.1, 0.15) is 5.75 Å². The topological polar surface area (TPSA) is 25.8 Å². The van der Waals surface area contributed by atoms with Crippen LogP contribution in [0.3, 0.4) is 0 Å². The smallest absolute Gasteiger partial charge is 0.119 e. The summed E-state index contributed by atoms with van der Waals surface area (Å²) in [5.41, 5.74) is 2.65. The first-order chi connectivity index (χ1) is 10.1. The molecule has 0 saturated heterocycles. The summed E-state index contributed by atoms with van der Waals surface area (Å²) >= 11 is 0. The molecular weight excluding hydrogens is 258 g/mol. The van der Waals surface area contributed by atoms with Crippen LogP contribution in [0.25, 0.3) is 0 Å². The Kier molecular flexibility index (Phi) is 5.40. The normalized spacial score (nSPS) is 11.4. The molecule has 0 aromatic heterocycles. The summed E-state index contributed by atoms with van der Waals surface area (Å²) in [5, 5.41) is 2.18. The molecule has 21 heavy (non-hydrogen) atoms. The van der Waals surface area contributed by atoms with Crippen molar-refractivity contribution >= 4 is 0 Å². The average molecular weight is 284 g/mol. The molecule has 0 saturated carbocycles. The third-order valence-corrected chi connectivity index (χ3v) is 3.98. The molecule has 0 atom stereocenters. The van der Waals surface area contributed by atoms with Gasteiger partial charge in [-0.15, -0.1) is 0 Å². The molecule has 2 aromatic carbocycles. The Balaban J connectivity index is 2.04. The minimum atomic E-state index is 0.0109. The Labute approximate surface area is 128 Å². The summed E-state index contributed by atoms with van der Waals surface area (Å²) in [6.07, 6.45) is 1.08. The third-order valence-electron chi connectivity index (χ3n) is 3.98. The number of hydrogen-bond donors (Lipinski definition) is 1. The monoisotopic (exact) mass is 284 g/mol. The van der Waals surface area contributed by atoms with Gasteiger partial charge in [-0.2, -0.15) is 0 Å². The fourth-order valence-corrected chi connectivity index (χ4v) is 2.47. The van der Waals surface area contributed by atoms with Crippen LogP contribution in [-0.4, -0.2) is 20.2 Å². The molecule has 2 nitrogen and oxygen atoms in total. The van der Waals surface area contributed by atoms with E-state index in [4.69, 9.17) is 4.74 Å². The lowest BCUT2D eigenvalue weighted by atomic mass is 9.78. The predicted octanol–water partition coefficient (Wildman–Crippen LogP) is 2.97. The molecule has 0 radical (unpaired) electrons. The molecule has 0 fully saturated rings. The molecule has 0 bridgehead atoms. The van der Waals surface area contributed by atoms with Gasteiger partial charge in [0.15, 0.2) is 0 Å². The van der Waals surface area contributed by atoms with Crippen LogP contribution in [0.1, 0.15) is 31.4 Å². The summed E-state index contributed by atoms with van der Waals surface area (Å²) in [6, 6.07) is 19.1. The van der Waals surface area contributed by atoms with Crippen LogP contribution < -0.4 is 10.1 Å². The fraction of sp³-hybridized carbons (Fsp3) is 0.368. The molecule has 0 unspecified atom stereocenters. The molecule has 2 rings (SSSR count). The Hall–Kier alpha value is -1.80. The number of nitrogens with two attached hydrogens (primary N) is 1. The average Bonchev–Trinajstić information content (AvgIpc) is 2.53. The fourth-order valence-electron chi connectivity index (χ4n) is 2.47. The van der Waals surface area contributed by atoms with Crippen LogP contribution >= 0.6 is 0 Å². The molecule has 2 N–H and O–H groups in total. The maximum Gasteiger partial charge on any atom is 0.119 e. The van der Waals surface area contributed by atoms with Gasteiger partial charge in [-0.25, -0.2) is 0 Å². The van der Waals surface area contributed by atoms with Gasteiger partial charge in [0.2, 0.25) is 0 Å². The maximum absolute atomic E-state index is 5.76. The van der Waals surface area contributed by atoms with Gasteiger partial charge in [-0.1, -0.05) is 56.3 Å². The molecule has 0 aliphatic heterocycles. The first kappa shape index (κ1) is 15.6. The zero-order valence-electron chi connectivity index (χ0n) is 13.3. The van der Waals surface area contributed by atoms with Crippen LogP contribution in [0.15, 0.2) is 54.6 Å². The summed E-state index contributed by atoms with van der Waals surface area (Å²) in [6.45, 7) is 6.41. The molecule has 0 amide bonds. The number of rotatable bonds is 7. The molecule has 0 aliphatic carbocycles. The van der Waals surface area contributed by atoms with Crippen molar-refractivity contribution in [3.05, 3.63) is 65.7 Å². The summed E-state index contributed by atoms with van der Waals surface area (Å²) in [5.74, 6) is 0.957. The van der Waals surface area contributed by atoms with E-state index in [0.717, 1.165) is 25.3 Å².